The van der Waals surface area contributed by atoms with Crippen LogP contribution >= 0.6 is 0 Å². The highest BCUT2D eigenvalue weighted by Gasteiger charge is 2.48. The average molecular weight is 540 g/mol. The molecule has 3 aromatic rings. The van der Waals surface area contributed by atoms with Crippen LogP contribution < -0.4 is 14.4 Å². The van der Waals surface area contributed by atoms with Gasteiger partial charge in [0.1, 0.15) is 11.5 Å². The third-order valence-electron chi connectivity index (χ3n) is 6.90. The van der Waals surface area contributed by atoms with Crippen molar-refractivity contribution in [3.05, 3.63) is 102 Å². The van der Waals surface area contributed by atoms with Gasteiger partial charge in [-0.1, -0.05) is 30.4 Å². The SMILES string of the molecule is COc1cccc(C(=O)Oc2ccc(C(=O)COC(=O)c3ccccc3N3C(=O)C4CC=CCC4C3=O)cc2)c1. The van der Waals surface area contributed by atoms with Crippen LogP contribution in [0.3, 0.4) is 0 Å². The number of esters is 2. The van der Waals surface area contributed by atoms with Crippen molar-refractivity contribution in [2.45, 2.75) is 12.8 Å². The number of ketones is 1. The molecule has 0 radical (unpaired) electrons. The van der Waals surface area contributed by atoms with E-state index < -0.39 is 36.2 Å². The number of hydrogen-bond donors (Lipinski definition) is 0. The minimum atomic E-state index is -0.832. The Hall–Kier alpha value is -5.05. The molecule has 9 nitrogen and oxygen atoms in total. The molecule has 0 spiro atoms. The zero-order valence-electron chi connectivity index (χ0n) is 21.6. The Morgan fingerprint density at radius 3 is 2.12 bits per heavy atom. The maximum absolute atomic E-state index is 13.0. The molecule has 1 aliphatic heterocycles. The van der Waals surface area contributed by atoms with E-state index in [1.165, 1.54) is 43.5 Å². The second kappa shape index (κ2) is 11.4. The van der Waals surface area contributed by atoms with Crippen LogP contribution in [0, 0.1) is 11.8 Å². The molecule has 0 aromatic heterocycles. The molecule has 1 aliphatic carbocycles. The van der Waals surface area contributed by atoms with E-state index in [2.05, 4.69) is 0 Å². The van der Waals surface area contributed by atoms with Gasteiger partial charge in [0.05, 0.1) is 35.8 Å². The van der Waals surface area contributed by atoms with Crippen LogP contribution in [-0.2, 0) is 14.3 Å². The number of amides is 2. The van der Waals surface area contributed by atoms with Crippen molar-refractivity contribution in [1.82, 2.24) is 0 Å². The fourth-order valence-electron chi connectivity index (χ4n) is 4.80. The van der Waals surface area contributed by atoms with Gasteiger partial charge in [-0.15, -0.1) is 0 Å². The van der Waals surface area contributed by atoms with Crippen molar-refractivity contribution < 1.29 is 38.2 Å². The molecule has 1 heterocycles. The highest BCUT2D eigenvalue weighted by atomic mass is 16.5. The Labute approximate surface area is 229 Å². The van der Waals surface area contributed by atoms with E-state index in [0.29, 0.717) is 24.2 Å². The quantitative estimate of drug-likeness (QED) is 0.136. The highest BCUT2D eigenvalue weighted by Crippen LogP contribution is 2.38. The van der Waals surface area contributed by atoms with Crippen LogP contribution in [-0.4, -0.2) is 43.3 Å². The van der Waals surface area contributed by atoms with Crippen molar-refractivity contribution >= 4 is 35.2 Å². The highest BCUT2D eigenvalue weighted by molar-refractivity contribution is 6.24. The number of imide groups is 1. The lowest BCUT2D eigenvalue weighted by Crippen LogP contribution is -2.32. The first-order chi connectivity index (χ1) is 19.4. The fraction of sp³-hybridized carbons (Fsp3) is 0.194. The number of methoxy groups -OCH3 is 1. The van der Waals surface area contributed by atoms with Gasteiger partial charge in [-0.2, -0.15) is 0 Å². The van der Waals surface area contributed by atoms with Gasteiger partial charge in [0, 0.05) is 5.56 Å². The smallest absolute Gasteiger partial charge is 0.343 e. The van der Waals surface area contributed by atoms with E-state index in [9.17, 15) is 24.0 Å². The molecule has 2 aliphatic rings. The Morgan fingerprint density at radius 2 is 1.45 bits per heavy atom. The number of para-hydroxylation sites is 1. The number of carbonyl (C=O) groups is 5. The summed E-state index contributed by atoms with van der Waals surface area (Å²) in [5.41, 5.74) is 0.707. The lowest BCUT2D eigenvalue weighted by Gasteiger charge is -2.18. The first kappa shape index (κ1) is 26.6. The number of nitrogens with zero attached hydrogens (tertiary/aromatic N) is 1. The van der Waals surface area contributed by atoms with Gasteiger partial charge < -0.3 is 14.2 Å². The molecule has 2 atom stereocenters. The summed E-state index contributed by atoms with van der Waals surface area (Å²) in [4.78, 5) is 65.1. The molecule has 202 valence electrons. The van der Waals surface area contributed by atoms with Crippen molar-refractivity contribution in [1.29, 1.82) is 0 Å². The normalized spacial score (nSPS) is 17.8. The summed E-state index contributed by atoms with van der Waals surface area (Å²) in [6, 6.07) is 18.5. The van der Waals surface area contributed by atoms with Crippen LogP contribution in [0.15, 0.2) is 84.9 Å². The van der Waals surface area contributed by atoms with E-state index in [-0.39, 0.29) is 34.4 Å². The predicted octanol–water partition coefficient (Wildman–Crippen LogP) is 4.41. The minimum absolute atomic E-state index is 0.0170. The molecular formula is C31H25NO8. The maximum atomic E-state index is 13.0. The monoisotopic (exact) mass is 539 g/mol. The Balaban J connectivity index is 1.22. The van der Waals surface area contributed by atoms with Gasteiger partial charge in [-0.05, 0) is 67.4 Å². The second-order valence-corrected chi connectivity index (χ2v) is 9.33. The van der Waals surface area contributed by atoms with Crippen LogP contribution in [0.5, 0.6) is 11.5 Å². The zero-order valence-corrected chi connectivity index (χ0v) is 21.6. The number of fused-ring (bicyclic) bond motifs is 1. The molecule has 0 saturated carbocycles. The third kappa shape index (κ3) is 5.26. The third-order valence-corrected chi connectivity index (χ3v) is 6.90. The Bertz CT molecular complexity index is 1500. The summed E-state index contributed by atoms with van der Waals surface area (Å²) < 4.78 is 15.7. The van der Waals surface area contributed by atoms with Crippen molar-refractivity contribution in [2.24, 2.45) is 11.8 Å². The first-order valence-corrected chi connectivity index (χ1v) is 12.7. The van der Waals surface area contributed by atoms with Gasteiger partial charge in [0.15, 0.2) is 12.4 Å². The van der Waals surface area contributed by atoms with E-state index in [0.717, 1.165) is 4.90 Å². The van der Waals surface area contributed by atoms with Gasteiger partial charge in [-0.25, -0.2) is 14.5 Å². The second-order valence-electron chi connectivity index (χ2n) is 9.33. The zero-order chi connectivity index (χ0) is 28.2. The van der Waals surface area contributed by atoms with Crippen LogP contribution in [0.1, 0.15) is 43.9 Å². The van der Waals surface area contributed by atoms with Crippen molar-refractivity contribution in [3.63, 3.8) is 0 Å². The molecule has 0 bridgehead atoms. The standard InChI is InChI=1S/C31H25NO8/c1-38-22-8-6-7-20(17-22)30(36)40-21-15-13-19(14-16-21)27(33)18-39-31(37)25-11-4-5-12-26(25)32-28(34)23-9-2-3-10-24(23)29(32)35/h2-8,11-17,23-24H,9-10,18H2,1H3. The number of Topliss-reactive ketones (excluding diaryl/α,β-unsaturated/α-hetero) is 1. The number of anilines is 1. The predicted molar refractivity (Wildman–Crippen MR) is 143 cm³/mol. The topological polar surface area (TPSA) is 116 Å². The molecule has 9 heteroatoms. The van der Waals surface area contributed by atoms with Crippen molar-refractivity contribution in [3.8, 4) is 11.5 Å². The van der Waals surface area contributed by atoms with E-state index in [1.807, 2.05) is 12.2 Å². The average Bonchev–Trinajstić information content (AvgIpc) is 3.25. The lowest BCUT2D eigenvalue weighted by molar-refractivity contribution is -0.122. The molecule has 40 heavy (non-hydrogen) atoms. The largest absolute Gasteiger partial charge is 0.497 e. The van der Waals surface area contributed by atoms with E-state index >= 15 is 0 Å². The van der Waals surface area contributed by atoms with Crippen LogP contribution in [0.4, 0.5) is 5.69 Å². The van der Waals surface area contributed by atoms with Crippen LogP contribution in [0.2, 0.25) is 0 Å². The fourth-order valence-corrected chi connectivity index (χ4v) is 4.80. The number of hydrogen-bond acceptors (Lipinski definition) is 8. The molecule has 1 fully saturated rings. The van der Waals surface area contributed by atoms with Crippen molar-refractivity contribution in [2.75, 3.05) is 18.6 Å². The molecule has 2 unspecified atom stereocenters. The van der Waals surface area contributed by atoms with E-state index in [4.69, 9.17) is 14.2 Å². The summed E-state index contributed by atoms with van der Waals surface area (Å²) in [7, 11) is 1.49. The molecule has 3 aromatic carbocycles. The number of allylic oxidation sites excluding steroid dienone is 2. The van der Waals surface area contributed by atoms with Gasteiger partial charge in [0.2, 0.25) is 11.8 Å². The number of carbonyl (C=O) groups excluding carboxylic acids is 5. The number of rotatable bonds is 8. The summed E-state index contributed by atoms with van der Waals surface area (Å²) >= 11 is 0. The first-order valence-electron chi connectivity index (χ1n) is 12.7. The summed E-state index contributed by atoms with van der Waals surface area (Å²) in [5, 5.41) is 0. The Morgan fingerprint density at radius 1 is 0.775 bits per heavy atom. The molecule has 1 saturated heterocycles. The molecule has 2 amide bonds. The minimum Gasteiger partial charge on any atom is -0.497 e. The van der Waals surface area contributed by atoms with Crippen LogP contribution in [0.25, 0.3) is 0 Å². The Kier molecular flexibility index (Phi) is 7.54. The van der Waals surface area contributed by atoms with E-state index in [1.54, 1.807) is 36.4 Å². The molecule has 5 rings (SSSR count). The molecule has 0 N–H and O–H groups in total. The number of ether oxygens (including phenoxy) is 3. The van der Waals surface area contributed by atoms with Gasteiger partial charge in [0.25, 0.3) is 0 Å². The van der Waals surface area contributed by atoms with Gasteiger partial charge >= 0.3 is 11.9 Å². The van der Waals surface area contributed by atoms with Gasteiger partial charge in [-0.3, -0.25) is 14.4 Å². The summed E-state index contributed by atoms with van der Waals surface area (Å²) in [5.74, 6) is -2.74. The maximum Gasteiger partial charge on any atom is 0.343 e. The lowest BCUT2D eigenvalue weighted by atomic mass is 9.85. The summed E-state index contributed by atoms with van der Waals surface area (Å²) in [6.45, 7) is -0.562. The molecular weight excluding hydrogens is 514 g/mol. The summed E-state index contributed by atoms with van der Waals surface area (Å²) in [6.07, 6.45) is 4.73. The number of benzene rings is 3.